The molecule has 9 nitrogen and oxygen atoms in total. The summed E-state index contributed by atoms with van der Waals surface area (Å²) in [5, 5.41) is 4.65. The van der Waals surface area contributed by atoms with Crippen LogP contribution in [0.5, 0.6) is 0 Å². The maximum atomic E-state index is 13.0. The van der Waals surface area contributed by atoms with Crippen LogP contribution in [0, 0.1) is 0 Å². The molecule has 4 heterocycles. The zero-order valence-corrected chi connectivity index (χ0v) is 16.9. The van der Waals surface area contributed by atoms with Gasteiger partial charge in [0, 0.05) is 19.2 Å². The second-order valence-electron chi connectivity index (χ2n) is 7.19. The van der Waals surface area contributed by atoms with Crippen molar-refractivity contribution in [3.63, 3.8) is 0 Å². The Balaban J connectivity index is 1.63. The summed E-state index contributed by atoms with van der Waals surface area (Å²) in [4.78, 5) is 40.7. The average molecular weight is 456 g/mol. The minimum atomic E-state index is -4.58. The second kappa shape index (κ2) is 7.84. The van der Waals surface area contributed by atoms with Gasteiger partial charge in [0.25, 0.3) is 5.91 Å². The standard InChI is InChI=1S/C18H17ClF3N7O2/c1-9(18(20,21)22)25-16(30)11-2-3-12-15(26-11)29(10-4-5-28(12)7-10)17(31)27-14-6-13(19)23-8-24-14/h2-3,6,8-10H,4-5,7H2,1H3,(H,25,30)(H,23,24,27,31)/t9-,10?/m1/s1. The van der Waals surface area contributed by atoms with Gasteiger partial charge in [0.2, 0.25) is 0 Å². The highest BCUT2D eigenvalue weighted by molar-refractivity contribution is 6.29. The molecule has 0 aliphatic carbocycles. The molecule has 2 aliphatic heterocycles. The fraction of sp³-hybridized carbons (Fsp3) is 0.389. The molecule has 0 aromatic carbocycles. The molecule has 1 saturated heterocycles. The third kappa shape index (κ3) is 4.20. The quantitative estimate of drug-likeness (QED) is 0.690. The van der Waals surface area contributed by atoms with Crippen molar-refractivity contribution in [2.45, 2.75) is 31.6 Å². The van der Waals surface area contributed by atoms with Crippen molar-refractivity contribution < 1.29 is 22.8 Å². The highest BCUT2D eigenvalue weighted by Gasteiger charge is 2.41. The highest BCUT2D eigenvalue weighted by atomic mass is 35.5. The maximum Gasteiger partial charge on any atom is 0.408 e. The van der Waals surface area contributed by atoms with Crippen LogP contribution >= 0.6 is 11.6 Å². The Morgan fingerprint density at radius 2 is 2.06 bits per heavy atom. The van der Waals surface area contributed by atoms with E-state index in [1.54, 1.807) is 6.07 Å². The lowest BCUT2D eigenvalue weighted by atomic mass is 10.1. The highest BCUT2D eigenvalue weighted by Crippen LogP contribution is 2.39. The normalized spacial score (nSPS) is 18.4. The predicted molar refractivity (Wildman–Crippen MR) is 106 cm³/mol. The lowest BCUT2D eigenvalue weighted by molar-refractivity contribution is -0.149. The van der Waals surface area contributed by atoms with E-state index in [1.807, 2.05) is 10.2 Å². The van der Waals surface area contributed by atoms with Gasteiger partial charge in [-0.25, -0.2) is 19.7 Å². The Morgan fingerprint density at radius 3 is 2.77 bits per heavy atom. The lowest BCUT2D eigenvalue weighted by Gasteiger charge is -2.35. The van der Waals surface area contributed by atoms with Crippen LogP contribution in [0.3, 0.4) is 0 Å². The second-order valence-corrected chi connectivity index (χ2v) is 7.58. The fourth-order valence-corrected chi connectivity index (χ4v) is 3.67. The number of rotatable bonds is 3. The number of carbonyl (C=O) groups excluding carboxylic acids is 2. The van der Waals surface area contributed by atoms with E-state index in [0.717, 1.165) is 6.92 Å². The summed E-state index contributed by atoms with van der Waals surface area (Å²) in [5.74, 6) is -0.609. The summed E-state index contributed by atoms with van der Waals surface area (Å²) < 4.78 is 38.4. The third-order valence-electron chi connectivity index (χ3n) is 5.11. The molecule has 4 rings (SSSR count). The number of anilines is 3. The number of fused-ring (bicyclic) bond motifs is 4. The number of hydrogen-bond acceptors (Lipinski definition) is 6. The number of amides is 3. The molecule has 2 aromatic rings. The fourth-order valence-electron chi connectivity index (χ4n) is 3.52. The molecule has 2 bridgehead atoms. The van der Waals surface area contributed by atoms with Crippen molar-refractivity contribution >= 4 is 40.9 Å². The number of urea groups is 1. The summed E-state index contributed by atoms with van der Waals surface area (Å²) >= 11 is 5.83. The number of nitrogens with one attached hydrogen (secondary N) is 2. The molecule has 0 radical (unpaired) electrons. The minimum absolute atomic E-state index is 0.146. The number of nitrogens with zero attached hydrogens (tertiary/aromatic N) is 5. The maximum absolute atomic E-state index is 13.0. The van der Waals surface area contributed by atoms with Crippen molar-refractivity contribution in [3.8, 4) is 0 Å². The van der Waals surface area contributed by atoms with Crippen LogP contribution in [-0.2, 0) is 0 Å². The summed E-state index contributed by atoms with van der Waals surface area (Å²) in [5.41, 5.74) is 0.394. The molecule has 31 heavy (non-hydrogen) atoms. The van der Waals surface area contributed by atoms with E-state index in [1.165, 1.54) is 23.4 Å². The monoisotopic (exact) mass is 455 g/mol. The number of halogens is 4. The van der Waals surface area contributed by atoms with Crippen molar-refractivity contribution in [2.75, 3.05) is 28.2 Å². The van der Waals surface area contributed by atoms with Gasteiger partial charge in [0.05, 0.1) is 11.7 Å². The smallest absolute Gasteiger partial charge is 0.366 e. The zero-order chi connectivity index (χ0) is 22.3. The van der Waals surface area contributed by atoms with Gasteiger partial charge < -0.3 is 10.2 Å². The predicted octanol–water partition coefficient (Wildman–Crippen LogP) is 2.84. The van der Waals surface area contributed by atoms with E-state index < -0.39 is 24.2 Å². The molecule has 0 spiro atoms. The number of hydrogen-bond donors (Lipinski definition) is 2. The number of alkyl halides is 3. The molecule has 1 unspecified atom stereocenters. The first kappa shape index (κ1) is 21.1. The van der Waals surface area contributed by atoms with Gasteiger partial charge >= 0.3 is 12.2 Å². The SMILES string of the molecule is C[C@@H](NC(=O)c1ccc2c(n1)N(C(=O)Nc1cc(Cl)ncn1)C1CCN2C1)C(F)(F)F. The topological polar surface area (TPSA) is 103 Å². The van der Waals surface area contributed by atoms with E-state index >= 15 is 0 Å². The summed E-state index contributed by atoms with van der Waals surface area (Å²) in [6.07, 6.45) is -2.72. The van der Waals surface area contributed by atoms with Crippen LogP contribution in [-0.4, -0.2) is 58.2 Å². The summed E-state index contributed by atoms with van der Waals surface area (Å²) in [7, 11) is 0. The summed E-state index contributed by atoms with van der Waals surface area (Å²) in [6.45, 7) is 2.09. The first-order valence-corrected chi connectivity index (χ1v) is 9.72. The average Bonchev–Trinajstić information content (AvgIpc) is 3.11. The van der Waals surface area contributed by atoms with E-state index in [2.05, 4.69) is 20.3 Å². The van der Waals surface area contributed by atoms with Gasteiger partial charge in [0.1, 0.15) is 29.0 Å². The molecular formula is C18H17ClF3N7O2. The van der Waals surface area contributed by atoms with E-state index in [0.29, 0.717) is 25.2 Å². The third-order valence-corrected chi connectivity index (χ3v) is 5.32. The Kier molecular flexibility index (Phi) is 5.33. The molecule has 3 amide bonds. The van der Waals surface area contributed by atoms with Crippen molar-refractivity contribution in [2.24, 2.45) is 0 Å². The molecular weight excluding hydrogens is 439 g/mol. The molecule has 2 aromatic heterocycles. The first-order chi connectivity index (χ1) is 14.6. The number of carbonyl (C=O) groups is 2. The van der Waals surface area contributed by atoms with Crippen LogP contribution in [0.4, 0.5) is 35.3 Å². The number of aromatic nitrogens is 3. The van der Waals surface area contributed by atoms with E-state index in [9.17, 15) is 22.8 Å². The zero-order valence-electron chi connectivity index (χ0n) is 16.1. The van der Waals surface area contributed by atoms with E-state index in [4.69, 9.17) is 11.6 Å². The van der Waals surface area contributed by atoms with Crippen molar-refractivity contribution in [1.29, 1.82) is 0 Å². The molecule has 0 saturated carbocycles. The Bertz CT molecular complexity index is 1040. The van der Waals surface area contributed by atoms with Gasteiger partial charge in [-0.05, 0) is 25.5 Å². The molecule has 164 valence electrons. The molecule has 2 aliphatic rings. The largest absolute Gasteiger partial charge is 0.408 e. The van der Waals surface area contributed by atoms with Gasteiger partial charge in [-0.3, -0.25) is 15.0 Å². The van der Waals surface area contributed by atoms with Gasteiger partial charge in [-0.1, -0.05) is 11.6 Å². The first-order valence-electron chi connectivity index (χ1n) is 9.35. The molecule has 13 heteroatoms. The van der Waals surface area contributed by atoms with Gasteiger partial charge in [-0.15, -0.1) is 0 Å². The van der Waals surface area contributed by atoms with Crippen LogP contribution in [0.25, 0.3) is 0 Å². The molecule has 2 atom stereocenters. The molecule has 1 fully saturated rings. The minimum Gasteiger partial charge on any atom is -0.366 e. The van der Waals surface area contributed by atoms with Gasteiger partial charge in [-0.2, -0.15) is 13.2 Å². The Labute approximate surface area is 179 Å². The van der Waals surface area contributed by atoms with Crippen LogP contribution < -0.4 is 20.4 Å². The van der Waals surface area contributed by atoms with Crippen molar-refractivity contribution in [1.82, 2.24) is 20.3 Å². The van der Waals surface area contributed by atoms with Gasteiger partial charge in [0.15, 0.2) is 5.82 Å². The Hall–Kier alpha value is -3.15. The number of pyridine rings is 1. The molecule has 2 N–H and O–H groups in total. The lowest BCUT2D eigenvalue weighted by Crippen LogP contribution is -2.49. The van der Waals surface area contributed by atoms with Crippen LogP contribution in [0.1, 0.15) is 23.8 Å². The van der Waals surface area contributed by atoms with Crippen molar-refractivity contribution in [3.05, 3.63) is 35.4 Å². The van der Waals surface area contributed by atoms with E-state index in [-0.39, 0.29) is 28.5 Å². The Morgan fingerprint density at radius 1 is 1.29 bits per heavy atom. The summed E-state index contributed by atoms with van der Waals surface area (Å²) in [6, 6.07) is 1.50. The van der Waals surface area contributed by atoms with Crippen LogP contribution in [0.2, 0.25) is 5.15 Å². The van der Waals surface area contributed by atoms with Crippen LogP contribution in [0.15, 0.2) is 24.5 Å².